The number of epoxide rings is 1. The predicted octanol–water partition coefficient (Wildman–Crippen LogP) is 4.34. The molecule has 3 heteroatoms. The quantitative estimate of drug-likeness (QED) is 0.312. The van der Waals surface area contributed by atoms with Crippen LogP contribution in [0.4, 0.5) is 0 Å². The fraction of sp³-hybridized carbons (Fsp3) is 1.00. The third kappa shape index (κ3) is 12.9. The van der Waals surface area contributed by atoms with Crippen LogP contribution in [0, 0.1) is 0 Å². The lowest BCUT2D eigenvalue weighted by Gasteiger charge is -2.05. The lowest BCUT2D eigenvalue weighted by molar-refractivity contribution is 0.0405. The fourth-order valence-electron chi connectivity index (χ4n) is 2.29. The number of ether oxygens (including phenoxy) is 3. The molecule has 1 aliphatic rings. The van der Waals surface area contributed by atoms with Gasteiger partial charge in [0.15, 0.2) is 0 Å². The van der Waals surface area contributed by atoms with Crippen LogP contribution in [0.1, 0.15) is 71.1 Å². The van der Waals surface area contributed by atoms with Crippen molar-refractivity contribution in [2.45, 2.75) is 77.2 Å². The average Bonchev–Trinajstić information content (AvgIpc) is 3.27. The molecule has 0 bridgehead atoms. The van der Waals surface area contributed by atoms with Crippen LogP contribution in [-0.4, -0.2) is 39.1 Å². The first-order valence-electron chi connectivity index (χ1n) is 8.70. The summed E-state index contributed by atoms with van der Waals surface area (Å²) < 4.78 is 16.0. The molecular formula is C17H34O3. The van der Waals surface area contributed by atoms with Gasteiger partial charge in [0, 0.05) is 6.61 Å². The SMILES string of the molecule is CCCCCCCCCCCCOCCOCC1CO1. The van der Waals surface area contributed by atoms with Gasteiger partial charge in [0.05, 0.1) is 26.4 Å². The van der Waals surface area contributed by atoms with Crippen molar-refractivity contribution < 1.29 is 14.2 Å². The first kappa shape index (κ1) is 17.9. The Bertz CT molecular complexity index is 193. The van der Waals surface area contributed by atoms with Crippen molar-refractivity contribution in [3.8, 4) is 0 Å². The van der Waals surface area contributed by atoms with Crippen molar-refractivity contribution in [1.82, 2.24) is 0 Å². The monoisotopic (exact) mass is 286 g/mol. The summed E-state index contributed by atoms with van der Waals surface area (Å²) >= 11 is 0. The maximum atomic E-state index is 5.54. The zero-order valence-corrected chi connectivity index (χ0v) is 13.4. The van der Waals surface area contributed by atoms with Crippen molar-refractivity contribution >= 4 is 0 Å². The van der Waals surface area contributed by atoms with Gasteiger partial charge >= 0.3 is 0 Å². The van der Waals surface area contributed by atoms with Gasteiger partial charge in [-0.25, -0.2) is 0 Å². The standard InChI is InChI=1S/C17H34O3/c1-2-3-4-5-6-7-8-9-10-11-12-18-13-14-19-15-17-16-20-17/h17H,2-16H2,1H3. The lowest BCUT2D eigenvalue weighted by atomic mass is 10.1. The van der Waals surface area contributed by atoms with E-state index in [1.54, 1.807) is 0 Å². The topological polar surface area (TPSA) is 31.0 Å². The molecule has 1 unspecified atom stereocenters. The Kier molecular flexibility index (Phi) is 12.4. The Balaban J connectivity index is 1.60. The van der Waals surface area contributed by atoms with Gasteiger partial charge in [-0.1, -0.05) is 64.7 Å². The van der Waals surface area contributed by atoms with Crippen molar-refractivity contribution in [2.75, 3.05) is 33.0 Å². The van der Waals surface area contributed by atoms with E-state index in [2.05, 4.69) is 6.92 Å². The summed E-state index contributed by atoms with van der Waals surface area (Å²) in [5.74, 6) is 0. The van der Waals surface area contributed by atoms with Gasteiger partial charge in [0.25, 0.3) is 0 Å². The van der Waals surface area contributed by atoms with Gasteiger partial charge in [-0.3, -0.25) is 0 Å². The molecule has 3 nitrogen and oxygen atoms in total. The molecule has 0 aliphatic carbocycles. The molecule has 1 fully saturated rings. The normalized spacial score (nSPS) is 17.6. The molecule has 1 rings (SSSR count). The summed E-state index contributed by atoms with van der Waals surface area (Å²) in [7, 11) is 0. The minimum atomic E-state index is 0.372. The van der Waals surface area contributed by atoms with Gasteiger partial charge in [0.2, 0.25) is 0 Å². The van der Waals surface area contributed by atoms with Gasteiger partial charge in [-0.2, -0.15) is 0 Å². The van der Waals surface area contributed by atoms with E-state index in [1.165, 1.54) is 64.2 Å². The molecule has 0 aromatic heterocycles. The molecule has 0 amide bonds. The summed E-state index contributed by atoms with van der Waals surface area (Å²) in [5, 5.41) is 0. The second kappa shape index (κ2) is 13.8. The molecule has 1 atom stereocenters. The third-order valence-corrected chi connectivity index (χ3v) is 3.72. The molecule has 1 aliphatic heterocycles. The summed E-state index contributed by atoms with van der Waals surface area (Å²) in [6.45, 7) is 6.21. The van der Waals surface area contributed by atoms with Gasteiger partial charge in [0.1, 0.15) is 6.10 Å². The second-order valence-corrected chi connectivity index (χ2v) is 5.82. The largest absolute Gasteiger partial charge is 0.379 e. The van der Waals surface area contributed by atoms with E-state index in [0.29, 0.717) is 12.7 Å². The summed E-state index contributed by atoms with van der Waals surface area (Å²) in [6.07, 6.45) is 14.1. The van der Waals surface area contributed by atoms with E-state index in [-0.39, 0.29) is 0 Å². The highest BCUT2D eigenvalue weighted by molar-refractivity contribution is 4.66. The maximum absolute atomic E-state index is 5.54. The van der Waals surface area contributed by atoms with Crippen LogP contribution in [0.2, 0.25) is 0 Å². The molecule has 0 radical (unpaired) electrons. The minimum Gasteiger partial charge on any atom is -0.379 e. The highest BCUT2D eigenvalue weighted by Gasteiger charge is 2.21. The van der Waals surface area contributed by atoms with E-state index >= 15 is 0 Å². The van der Waals surface area contributed by atoms with Crippen LogP contribution in [0.5, 0.6) is 0 Å². The Morgan fingerprint density at radius 2 is 1.30 bits per heavy atom. The van der Waals surface area contributed by atoms with Crippen LogP contribution in [0.3, 0.4) is 0 Å². The van der Waals surface area contributed by atoms with Crippen LogP contribution in [-0.2, 0) is 14.2 Å². The Morgan fingerprint density at radius 1 is 0.750 bits per heavy atom. The molecule has 0 saturated carbocycles. The van der Waals surface area contributed by atoms with Crippen molar-refractivity contribution in [3.63, 3.8) is 0 Å². The van der Waals surface area contributed by atoms with Crippen LogP contribution < -0.4 is 0 Å². The van der Waals surface area contributed by atoms with Gasteiger partial charge in [-0.15, -0.1) is 0 Å². The van der Waals surface area contributed by atoms with E-state index in [9.17, 15) is 0 Å². The highest BCUT2D eigenvalue weighted by atomic mass is 16.6. The highest BCUT2D eigenvalue weighted by Crippen LogP contribution is 2.10. The summed E-state index contributed by atoms with van der Waals surface area (Å²) in [6, 6.07) is 0. The van der Waals surface area contributed by atoms with E-state index in [1.807, 2.05) is 0 Å². The number of rotatable bonds is 16. The molecular weight excluding hydrogens is 252 g/mol. The van der Waals surface area contributed by atoms with Crippen LogP contribution >= 0.6 is 0 Å². The van der Waals surface area contributed by atoms with Crippen LogP contribution in [0.15, 0.2) is 0 Å². The Morgan fingerprint density at radius 3 is 1.90 bits per heavy atom. The maximum Gasteiger partial charge on any atom is 0.104 e. The Labute approximate surface area is 125 Å². The van der Waals surface area contributed by atoms with Gasteiger partial charge in [-0.05, 0) is 6.42 Å². The predicted molar refractivity (Wildman–Crippen MR) is 83.2 cm³/mol. The zero-order chi connectivity index (χ0) is 14.3. The smallest absolute Gasteiger partial charge is 0.104 e. The molecule has 1 heterocycles. The average molecular weight is 286 g/mol. The molecule has 20 heavy (non-hydrogen) atoms. The second-order valence-electron chi connectivity index (χ2n) is 5.82. The molecule has 120 valence electrons. The molecule has 0 N–H and O–H groups in total. The first-order valence-corrected chi connectivity index (χ1v) is 8.70. The lowest BCUT2D eigenvalue weighted by Crippen LogP contribution is -2.08. The number of hydrogen-bond donors (Lipinski definition) is 0. The molecule has 0 aromatic carbocycles. The summed E-state index contributed by atoms with van der Waals surface area (Å²) in [4.78, 5) is 0. The van der Waals surface area contributed by atoms with Crippen molar-refractivity contribution in [3.05, 3.63) is 0 Å². The summed E-state index contributed by atoms with van der Waals surface area (Å²) in [5.41, 5.74) is 0. The van der Waals surface area contributed by atoms with Gasteiger partial charge < -0.3 is 14.2 Å². The van der Waals surface area contributed by atoms with E-state index in [4.69, 9.17) is 14.2 Å². The van der Waals surface area contributed by atoms with Crippen molar-refractivity contribution in [2.24, 2.45) is 0 Å². The molecule has 0 spiro atoms. The molecule has 0 aromatic rings. The number of hydrogen-bond acceptors (Lipinski definition) is 3. The third-order valence-electron chi connectivity index (χ3n) is 3.72. The minimum absolute atomic E-state index is 0.372. The Hall–Kier alpha value is -0.120. The van der Waals surface area contributed by atoms with Crippen molar-refractivity contribution in [1.29, 1.82) is 0 Å². The fourth-order valence-corrected chi connectivity index (χ4v) is 2.29. The molecule has 1 saturated heterocycles. The van der Waals surface area contributed by atoms with Crippen LogP contribution in [0.25, 0.3) is 0 Å². The van der Waals surface area contributed by atoms with E-state index in [0.717, 1.165) is 26.4 Å². The first-order chi connectivity index (χ1) is 9.93. The number of unbranched alkanes of at least 4 members (excludes halogenated alkanes) is 9. The van der Waals surface area contributed by atoms with E-state index < -0.39 is 0 Å². The zero-order valence-electron chi connectivity index (χ0n) is 13.4.